The van der Waals surface area contributed by atoms with E-state index in [-0.39, 0.29) is 46.7 Å². The highest BCUT2D eigenvalue weighted by atomic mass is 19.1. The summed E-state index contributed by atoms with van der Waals surface area (Å²) in [6, 6.07) is 11.7. The first-order chi connectivity index (χ1) is 18.7. The summed E-state index contributed by atoms with van der Waals surface area (Å²) in [6.45, 7) is 3.43. The summed E-state index contributed by atoms with van der Waals surface area (Å²) >= 11 is 0. The highest BCUT2D eigenvalue weighted by molar-refractivity contribution is 6.08. The molecule has 0 unspecified atom stereocenters. The fraction of sp³-hybridized carbons (Fsp3) is 0.310. The number of hydrogen-bond donors (Lipinski definition) is 3. The molecule has 0 saturated heterocycles. The monoisotopic (exact) mass is 533 g/mol. The average Bonchev–Trinajstić information content (AvgIpc) is 3.74. The van der Waals surface area contributed by atoms with Gasteiger partial charge in [0.25, 0.3) is 11.5 Å². The van der Waals surface area contributed by atoms with E-state index < -0.39 is 17.3 Å². The van der Waals surface area contributed by atoms with E-state index >= 15 is 0 Å². The van der Waals surface area contributed by atoms with Crippen LogP contribution in [0.4, 0.5) is 27.3 Å². The number of benzene rings is 2. The molecule has 3 aromatic rings. The number of carbonyl (C=O) groups is 3. The average molecular weight is 534 g/mol. The number of aryl methyl sites for hydroxylation is 1. The summed E-state index contributed by atoms with van der Waals surface area (Å²) in [5, 5.41) is 8.41. The van der Waals surface area contributed by atoms with Crippen molar-refractivity contribution in [2.75, 3.05) is 17.3 Å². The van der Waals surface area contributed by atoms with Gasteiger partial charge in [0.2, 0.25) is 12.3 Å². The summed E-state index contributed by atoms with van der Waals surface area (Å²) in [4.78, 5) is 52.7. The van der Waals surface area contributed by atoms with Crippen LogP contribution in [0.5, 0.6) is 0 Å². The summed E-state index contributed by atoms with van der Waals surface area (Å²) in [5.74, 6) is -1.22. The number of aromatic nitrogens is 1. The van der Waals surface area contributed by atoms with Crippen molar-refractivity contribution in [2.45, 2.75) is 45.6 Å². The number of pyridine rings is 1. The highest BCUT2D eigenvalue weighted by Crippen LogP contribution is 2.35. The van der Waals surface area contributed by atoms with E-state index in [1.807, 2.05) is 6.92 Å². The van der Waals surface area contributed by atoms with Crippen LogP contribution in [-0.2, 0) is 29.5 Å². The van der Waals surface area contributed by atoms with Crippen LogP contribution >= 0.6 is 0 Å². The second kappa shape index (κ2) is 11.5. The first kappa shape index (κ1) is 27.6. The smallest absolute Gasteiger partial charge is 0.256 e. The van der Waals surface area contributed by atoms with Crippen LogP contribution in [0.25, 0.3) is 0 Å². The van der Waals surface area contributed by atoms with Gasteiger partial charge in [0.1, 0.15) is 17.2 Å². The third-order valence-electron chi connectivity index (χ3n) is 6.78. The lowest BCUT2D eigenvalue weighted by Crippen LogP contribution is -2.33. The third kappa shape index (κ3) is 5.84. The molecule has 39 heavy (non-hydrogen) atoms. The molecule has 204 valence electrons. The molecule has 0 radical (unpaired) electrons. The van der Waals surface area contributed by atoms with Crippen molar-refractivity contribution >= 4 is 41.1 Å². The summed E-state index contributed by atoms with van der Waals surface area (Å²) in [5.41, 5.74) is 1.61. The normalized spacial score (nSPS) is 12.5. The molecule has 9 nitrogen and oxygen atoms in total. The Morgan fingerprint density at radius 2 is 1.90 bits per heavy atom. The van der Waals surface area contributed by atoms with E-state index in [0.29, 0.717) is 24.1 Å². The van der Waals surface area contributed by atoms with Crippen LogP contribution in [0.2, 0.25) is 0 Å². The zero-order valence-corrected chi connectivity index (χ0v) is 22.4. The number of halogens is 1. The molecule has 1 aromatic heterocycles. The Morgan fingerprint density at radius 1 is 1.15 bits per heavy atom. The first-order valence-electron chi connectivity index (χ1n) is 12.8. The molecule has 1 aliphatic rings. The van der Waals surface area contributed by atoms with E-state index in [9.17, 15) is 23.6 Å². The number of amides is 3. The van der Waals surface area contributed by atoms with E-state index in [1.165, 1.54) is 36.6 Å². The molecule has 0 spiro atoms. The Hall–Kier alpha value is -4.47. The molecule has 3 N–H and O–H groups in total. The minimum atomic E-state index is -0.580. The molecule has 0 aliphatic heterocycles. The molecule has 10 heteroatoms. The van der Waals surface area contributed by atoms with Gasteiger partial charge in [0, 0.05) is 31.4 Å². The SMILES string of the molecule is CCc1ccc(Nc2c(C(=O)NC)c(N(C=O)c3cccc(CC(=O)NC4CC4)c3)c(C)c(=O)n2C)c(F)c1. The number of anilines is 4. The molecular weight excluding hydrogens is 501 g/mol. The Labute approximate surface area is 226 Å². The lowest BCUT2D eigenvalue weighted by molar-refractivity contribution is -0.120. The molecule has 0 atom stereocenters. The fourth-order valence-corrected chi connectivity index (χ4v) is 4.47. The van der Waals surface area contributed by atoms with Crippen molar-refractivity contribution in [3.05, 3.63) is 80.9 Å². The molecule has 2 aromatic carbocycles. The van der Waals surface area contributed by atoms with Crippen molar-refractivity contribution in [2.24, 2.45) is 7.05 Å². The van der Waals surface area contributed by atoms with Crippen LogP contribution in [-0.4, -0.2) is 35.9 Å². The maximum absolute atomic E-state index is 14.9. The summed E-state index contributed by atoms with van der Waals surface area (Å²) in [6.07, 6.45) is 3.21. The number of nitrogens with zero attached hydrogens (tertiary/aromatic N) is 2. The van der Waals surface area contributed by atoms with Crippen LogP contribution in [0.3, 0.4) is 0 Å². The van der Waals surface area contributed by atoms with Crippen molar-refractivity contribution < 1.29 is 18.8 Å². The number of hydrogen-bond acceptors (Lipinski definition) is 5. The van der Waals surface area contributed by atoms with Gasteiger partial charge < -0.3 is 16.0 Å². The second-order valence-corrected chi connectivity index (χ2v) is 9.60. The van der Waals surface area contributed by atoms with Crippen LogP contribution < -0.4 is 26.4 Å². The van der Waals surface area contributed by atoms with E-state index in [0.717, 1.165) is 18.4 Å². The largest absolute Gasteiger partial charge is 0.355 e. The van der Waals surface area contributed by atoms with Gasteiger partial charge in [-0.25, -0.2) is 4.39 Å². The Morgan fingerprint density at radius 3 is 2.51 bits per heavy atom. The molecule has 1 fully saturated rings. The number of carbonyl (C=O) groups excluding carboxylic acids is 3. The Kier molecular flexibility index (Phi) is 8.13. The van der Waals surface area contributed by atoms with E-state index in [1.54, 1.807) is 36.4 Å². The topological polar surface area (TPSA) is 113 Å². The van der Waals surface area contributed by atoms with Crippen molar-refractivity contribution in [3.63, 3.8) is 0 Å². The quantitative estimate of drug-likeness (QED) is 0.345. The van der Waals surface area contributed by atoms with Crippen LogP contribution in [0, 0.1) is 12.7 Å². The summed E-state index contributed by atoms with van der Waals surface area (Å²) in [7, 11) is 2.90. The lowest BCUT2D eigenvalue weighted by Gasteiger charge is -2.26. The molecule has 3 amide bonds. The highest BCUT2D eigenvalue weighted by Gasteiger charge is 2.28. The molecular formula is C29H32FN5O4. The van der Waals surface area contributed by atoms with E-state index in [4.69, 9.17) is 0 Å². The molecule has 0 bridgehead atoms. The van der Waals surface area contributed by atoms with Gasteiger partial charge in [-0.05, 0) is 61.6 Å². The molecule has 1 saturated carbocycles. The Bertz CT molecular complexity index is 1500. The van der Waals surface area contributed by atoms with Crippen LogP contribution in [0.1, 0.15) is 46.8 Å². The van der Waals surface area contributed by atoms with Gasteiger partial charge in [0.05, 0.1) is 17.8 Å². The first-order valence-corrected chi connectivity index (χ1v) is 12.8. The van der Waals surface area contributed by atoms with Gasteiger partial charge in [-0.2, -0.15) is 0 Å². The maximum Gasteiger partial charge on any atom is 0.256 e. The van der Waals surface area contributed by atoms with Crippen molar-refractivity contribution in [1.29, 1.82) is 0 Å². The zero-order valence-electron chi connectivity index (χ0n) is 22.4. The minimum Gasteiger partial charge on any atom is -0.355 e. The molecule has 1 aliphatic carbocycles. The predicted molar refractivity (Wildman–Crippen MR) is 148 cm³/mol. The van der Waals surface area contributed by atoms with Crippen molar-refractivity contribution in [1.82, 2.24) is 15.2 Å². The second-order valence-electron chi connectivity index (χ2n) is 9.60. The Balaban J connectivity index is 1.84. The van der Waals surface area contributed by atoms with Gasteiger partial charge in [-0.3, -0.25) is 28.6 Å². The predicted octanol–water partition coefficient (Wildman–Crippen LogP) is 3.61. The van der Waals surface area contributed by atoms with Gasteiger partial charge >= 0.3 is 0 Å². The minimum absolute atomic E-state index is 0.0138. The third-order valence-corrected chi connectivity index (χ3v) is 6.78. The lowest BCUT2D eigenvalue weighted by atomic mass is 10.0. The molecule has 1 heterocycles. The maximum atomic E-state index is 14.9. The van der Waals surface area contributed by atoms with Crippen LogP contribution in [0.15, 0.2) is 47.3 Å². The summed E-state index contributed by atoms with van der Waals surface area (Å²) < 4.78 is 16.1. The zero-order chi connectivity index (χ0) is 28.3. The van der Waals surface area contributed by atoms with Gasteiger partial charge in [-0.15, -0.1) is 0 Å². The standard InChI is InChI=1S/C29H32FN5O4/c1-5-18-9-12-23(22(30)14-18)33-27-25(28(38)31-3)26(17(2)29(39)34(27)4)35(16-36)21-8-6-7-19(13-21)15-24(37)32-20-10-11-20/h6-9,12-14,16,20,33H,5,10-11,15H2,1-4H3,(H,31,38)(H,32,37). The fourth-order valence-electron chi connectivity index (χ4n) is 4.47. The molecule has 4 rings (SSSR count). The van der Waals surface area contributed by atoms with Crippen molar-refractivity contribution in [3.8, 4) is 0 Å². The number of rotatable bonds is 10. The van der Waals surface area contributed by atoms with E-state index in [2.05, 4.69) is 16.0 Å². The van der Waals surface area contributed by atoms with Gasteiger partial charge in [0.15, 0.2) is 0 Å². The van der Waals surface area contributed by atoms with Gasteiger partial charge in [-0.1, -0.05) is 25.1 Å². The number of nitrogens with one attached hydrogen (secondary N) is 3.